The van der Waals surface area contributed by atoms with E-state index >= 15 is 0 Å². The van der Waals surface area contributed by atoms with Crippen LogP contribution in [0, 0.1) is 0 Å². The first-order valence-corrected chi connectivity index (χ1v) is 8.20. The van der Waals surface area contributed by atoms with Crippen LogP contribution < -0.4 is 10.0 Å². The van der Waals surface area contributed by atoms with Gasteiger partial charge in [0.15, 0.2) is 0 Å². The van der Waals surface area contributed by atoms with Crippen LogP contribution in [-0.2, 0) is 10.0 Å². The Hall–Kier alpha value is -0.980. The number of benzene rings is 1. The fraction of sp³-hybridized carbons (Fsp3) is 0.333. The summed E-state index contributed by atoms with van der Waals surface area (Å²) in [5.41, 5.74) is 0.631. The van der Waals surface area contributed by atoms with Gasteiger partial charge in [0.05, 0.1) is 5.69 Å². The van der Waals surface area contributed by atoms with Crippen LogP contribution in [0.1, 0.15) is 0 Å². The molecule has 1 aromatic rings. The van der Waals surface area contributed by atoms with Crippen molar-refractivity contribution in [2.45, 2.75) is 4.90 Å². The van der Waals surface area contributed by atoms with Gasteiger partial charge in [-0.3, -0.25) is 0 Å². The number of hydrogen-bond donors (Lipinski definition) is 2. The van der Waals surface area contributed by atoms with Crippen LogP contribution >= 0.6 is 11.8 Å². The van der Waals surface area contributed by atoms with Crippen LogP contribution in [0.2, 0.25) is 0 Å². The third-order valence-corrected chi connectivity index (χ3v) is 4.68. The Bertz CT molecular complexity index is 487. The van der Waals surface area contributed by atoms with Gasteiger partial charge in [0.2, 0.25) is 10.0 Å². The Morgan fingerprint density at radius 3 is 2.78 bits per heavy atom. The lowest BCUT2D eigenvalue weighted by Crippen LogP contribution is -2.20. The highest BCUT2D eigenvalue weighted by Crippen LogP contribution is 2.20. The molecule has 0 bridgehead atoms. The van der Waals surface area contributed by atoms with Crippen molar-refractivity contribution in [1.82, 2.24) is 4.72 Å². The molecule has 0 spiro atoms. The second kappa shape index (κ2) is 7.45. The van der Waals surface area contributed by atoms with Crippen LogP contribution in [0.3, 0.4) is 0 Å². The lowest BCUT2D eigenvalue weighted by molar-refractivity contribution is 0.588. The molecule has 2 N–H and O–H groups in total. The minimum Gasteiger partial charge on any atom is -0.383 e. The molecule has 0 atom stereocenters. The minimum atomic E-state index is -3.41. The molecule has 6 heteroatoms. The normalized spacial score (nSPS) is 11.2. The van der Waals surface area contributed by atoms with Crippen molar-refractivity contribution in [2.75, 3.05) is 30.4 Å². The Labute approximate surface area is 113 Å². The maximum atomic E-state index is 11.8. The van der Waals surface area contributed by atoms with Crippen LogP contribution in [0.25, 0.3) is 0 Å². The smallest absolute Gasteiger partial charge is 0.242 e. The van der Waals surface area contributed by atoms with E-state index in [-0.39, 0.29) is 4.90 Å². The van der Waals surface area contributed by atoms with Crippen LogP contribution in [0.15, 0.2) is 41.8 Å². The number of hydrogen-bond acceptors (Lipinski definition) is 4. The predicted molar refractivity (Wildman–Crippen MR) is 78.7 cm³/mol. The molecule has 0 unspecified atom stereocenters. The molecule has 0 aliphatic carbocycles. The molecule has 0 aliphatic heterocycles. The zero-order chi connectivity index (χ0) is 13.4. The van der Waals surface area contributed by atoms with Gasteiger partial charge in [-0.05, 0) is 19.2 Å². The van der Waals surface area contributed by atoms with E-state index in [1.807, 2.05) is 12.1 Å². The lowest BCUT2D eigenvalue weighted by atomic mass is 10.3. The first kappa shape index (κ1) is 15.1. The average Bonchev–Trinajstić information content (AvgIpc) is 2.39. The van der Waals surface area contributed by atoms with Crippen molar-refractivity contribution in [3.05, 3.63) is 36.9 Å². The van der Waals surface area contributed by atoms with Crippen LogP contribution in [-0.4, -0.2) is 33.5 Å². The van der Waals surface area contributed by atoms with Gasteiger partial charge in [0.1, 0.15) is 4.90 Å². The highest BCUT2D eigenvalue weighted by molar-refractivity contribution is 7.99. The second-order valence-corrected chi connectivity index (χ2v) is 6.50. The number of sulfonamides is 1. The van der Waals surface area contributed by atoms with Gasteiger partial charge in [-0.15, -0.1) is 6.58 Å². The topological polar surface area (TPSA) is 58.2 Å². The van der Waals surface area contributed by atoms with E-state index in [0.29, 0.717) is 5.69 Å². The van der Waals surface area contributed by atoms with E-state index < -0.39 is 10.0 Å². The second-order valence-electron chi connectivity index (χ2n) is 3.49. The van der Waals surface area contributed by atoms with E-state index in [1.54, 1.807) is 30.0 Å². The van der Waals surface area contributed by atoms with Gasteiger partial charge in [-0.2, -0.15) is 11.8 Å². The van der Waals surface area contributed by atoms with Gasteiger partial charge in [-0.1, -0.05) is 18.2 Å². The van der Waals surface area contributed by atoms with Crippen molar-refractivity contribution in [1.29, 1.82) is 0 Å². The van der Waals surface area contributed by atoms with E-state index in [0.717, 1.165) is 18.1 Å². The van der Waals surface area contributed by atoms with Gasteiger partial charge in [0, 0.05) is 18.1 Å². The Balaban J connectivity index is 2.69. The Kier molecular flexibility index (Phi) is 6.24. The summed E-state index contributed by atoms with van der Waals surface area (Å²) in [6.07, 6.45) is 1.85. The highest BCUT2D eigenvalue weighted by Gasteiger charge is 2.15. The fourth-order valence-electron chi connectivity index (χ4n) is 1.38. The summed E-state index contributed by atoms with van der Waals surface area (Å²) in [5.74, 6) is 1.80. The first-order chi connectivity index (χ1) is 8.61. The SMILES string of the molecule is C=CCSCCNc1ccccc1S(=O)(=O)NC. The minimum absolute atomic E-state index is 0.279. The molecular formula is C12H18N2O2S2. The lowest BCUT2D eigenvalue weighted by Gasteiger charge is -2.11. The summed E-state index contributed by atoms with van der Waals surface area (Å²) in [6.45, 7) is 4.36. The maximum Gasteiger partial charge on any atom is 0.242 e. The molecule has 1 rings (SSSR count). The molecule has 4 nitrogen and oxygen atoms in total. The quantitative estimate of drug-likeness (QED) is 0.566. The molecule has 0 fully saturated rings. The van der Waals surface area contributed by atoms with E-state index in [1.165, 1.54) is 7.05 Å². The van der Waals surface area contributed by atoms with Gasteiger partial charge >= 0.3 is 0 Å². The van der Waals surface area contributed by atoms with Gasteiger partial charge in [-0.25, -0.2) is 13.1 Å². The third kappa shape index (κ3) is 4.36. The number of anilines is 1. The number of thioether (sulfide) groups is 1. The summed E-state index contributed by atoms with van der Waals surface area (Å²) < 4.78 is 25.9. The average molecular weight is 286 g/mol. The summed E-state index contributed by atoms with van der Waals surface area (Å²) in [4.78, 5) is 0.279. The number of nitrogens with one attached hydrogen (secondary N) is 2. The molecule has 0 amide bonds. The fourth-order valence-corrected chi connectivity index (χ4v) is 2.87. The van der Waals surface area contributed by atoms with Gasteiger partial charge < -0.3 is 5.32 Å². The summed E-state index contributed by atoms with van der Waals surface area (Å²) in [7, 11) is -2.00. The summed E-state index contributed by atoms with van der Waals surface area (Å²) in [6, 6.07) is 6.88. The largest absolute Gasteiger partial charge is 0.383 e. The van der Waals surface area contributed by atoms with Crippen LogP contribution in [0.4, 0.5) is 5.69 Å². The Morgan fingerprint density at radius 1 is 1.39 bits per heavy atom. The van der Waals surface area contributed by atoms with Crippen molar-refractivity contribution >= 4 is 27.5 Å². The number of para-hydroxylation sites is 1. The zero-order valence-corrected chi connectivity index (χ0v) is 12.0. The molecule has 0 aromatic heterocycles. The van der Waals surface area contributed by atoms with Crippen molar-refractivity contribution in [2.24, 2.45) is 0 Å². The molecular weight excluding hydrogens is 268 g/mol. The molecule has 0 aliphatic rings. The predicted octanol–water partition coefficient (Wildman–Crippen LogP) is 1.93. The standard InChI is InChI=1S/C12H18N2O2S2/c1-3-9-17-10-8-14-11-6-4-5-7-12(11)18(15,16)13-2/h3-7,13-14H,1,8-10H2,2H3. The molecule has 0 heterocycles. The molecule has 0 radical (unpaired) electrons. The number of rotatable bonds is 8. The van der Waals surface area contributed by atoms with Crippen molar-refractivity contribution < 1.29 is 8.42 Å². The molecule has 18 heavy (non-hydrogen) atoms. The maximum absolute atomic E-state index is 11.8. The summed E-state index contributed by atoms with van der Waals surface area (Å²) in [5, 5.41) is 3.14. The zero-order valence-electron chi connectivity index (χ0n) is 10.3. The van der Waals surface area contributed by atoms with Gasteiger partial charge in [0.25, 0.3) is 0 Å². The van der Waals surface area contributed by atoms with Crippen molar-refractivity contribution in [3.63, 3.8) is 0 Å². The van der Waals surface area contributed by atoms with E-state index in [2.05, 4.69) is 16.6 Å². The highest BCUT2D eigenvalue weighted by atomic mass is 32.2. The monoisotopic (exact) mass is 286 g/mol. The third-order valence-electron chi connectivity index (χ3n) is 2.24. The molecule has 0 saturated heterocycles. The molecule has 100 valence electrons. The van der Waals surface area contributed by atoms with E-state index in [9.17, 15) is 8.42 Å². The van der Waals surface area contributed by atoms with Crippen molar-refractivity contribution in [3.8, 4) is 0 Å². The molecule has 1 aromatic carbocycles. The van der Waals surface area contributed by atoms with Crippen LogP contribution in [0.5, 0.6) is 0 Å². The Morgan fingerprint density at radius 2 is 2.11 bits per heavy atom. The molecule has 0 saturated carbocycles. The first-order valence-electron chi connectivity index (χ1n) is 5.57. The van der Waals surface area contributed by atoms with E-state index in [4.69, 9.17) is 0 Å². The summed E-state index contributed by atoms with van der Waals surface area (Å²) >= 11 is 1.75.